The first-order valence-electron chi connectivity index (χ1n) is 5.19. The Kier molecular flexibility index (Phi) is 3.18. The summed E-state index contributed by atoms with van der Waals surface area (Å²) >= 11 is 0. The highest BCUT2D eigenvalue weighted by Gasteiger charge is 2.07. The van der Waals surface area contributed by atoms with Crippen molar-refractivity contribution in [3.63, 3.8) is 0 Å². The third-order valence-corrected chi connectivity index (χ3v) is 2.31. The maximum atomic E-state index is 12.7. The van der Waals surface area contributed by atoms with Crippen molar-refractivity contribution < 1.29 is 9.18 Å². The van der Waals surface area contributed by atoms with Crippen LogP contribution in [0.2, 0.25) is 0 Å². The summed E-state index contributed by atoms with van der Waals surface area (Å²) in [5.41, 5.74) is 1.26. The summed E-state index contributed by atoms with van der Waals surface area (Å²) in [7, 11) is 0. The lowest BCUT2D eigenvalue weighted by atomic mass is 10.2. The zero-order valence-corrected chi connectivity index (χ0v) is 9.33. The number of hydrogen-bond acceptors (Lipinski definition) is 2. The fourth-order valence-electron chi connectivity index (χ4n) is 1.42. The second-order valence-corrected chi connectivity index (χ2v) is 3.69. The number of nitrogens with one attached hydrogen (secondary N) is 2. The van der Waals surface area contributed by atoms with Crippen LogP contribution in [0, 0.1) is 12.7 Å². The van der Waals surface area contributed by atoms with Gasteiger partial charge >= 0.3 is 0 Å². The summed E-state index contributed by atoms with van der Waals surface area (Å²) in [6.45, 7) is 2.13. The molecule has 2 rings (SSSR count). The number of nitrogens with zero attached hydrogens (tertiary/aromatic N) is 1. The maximum absolute atomic E-state index is 12.7. The van der Waals surface area contributed by atoms with Crippen LogP contribution in [-0.4, -0.2) is 15.9 Å². The molecule has 0 aliphatic rings. The number of imidazole rings is 1. The summed E-state index contributed by atoms with van der Waals surface area (Å²) in [5, 5.41) is 2.72. The number of aromatic amines is 1. The molecule has 88 valence electrons. The van der Waals surface area contributed by atoms with Gasteiger partial charge in [-0.1, -0.05) is 12.1 Å². The van der Waals surface area contributed by atoms with E-state index in [1.807, 2.05) is 0 Å². The van der Waals surface area contributed by atoms with E-state index in [0.717, 1.165) is 5.56 Å². The molecule has 0 aliphatic carbocycles. The molecule has 1 aromatic carbocycles. The number of hydrogen-bond donors (Lipinski definition) is 2. The van der Waals surface area contributed by atoms with E-state index < -0.39 is 0 Å². The first kappa shape index (κ1) is 11.3. The molecule has 2 aromatic rings. The van der Waals surface area contributed by atoms with Crippen LogP contribution in [0.5, 0.6) is 0 Å². The van der Waals surface area contributed by atoms with Gasteiger partial charge < -0.3 is 10.3 Å². The molecule has 0 saturated heterocycles. The van der Waals surface area contributed by atoms with Crippen LogP contribution in [0.3, 0.4) is 0 Å². The van der Waals surface area contributed by atoms with Gasteiger partial charge in [0.25, 0.3) is 5.91 Å². The van der Waals surface area contributed by atoms with Crippen molar-refractivity contribution in [1.29, 1.82) is 0 Å². The van der Waals surface area contributed by atoms with Gasteiger partial charge in [0.05, 0.1) is 6.20 Å². The highest BCUT2D eigenvalue weighted by Crippen LogP contribution is 2.03. The maximum Gasteiger partial charge on any atom is 0.269 e. The molecule has 4 nitrogen and oxygen atoms in total. The van der Waals surface area contributed by atoms with Crippen LogP contribution in [0.1, 0.15) is 21.9 Å². The molecule has 1 aromatic heterocycles. The van der Waals surface area contributed by atoms with Crippen molar-refractivity contribution in [3.8, 4) is 0 Å². The third-order valence-electron chi connectivity index (χ3n) is 2.31. The number of carbonyl (C=O) groups excluding carboxylic acids is 1. The molecule has 0 bridgehead atoms. The molecule has 2 N–H and O–H groups in total. The molecule has 0 fully saturated rings. The van der Waals surface area contributed by atoms with E-state index in [0.29, 0.717) is 18.1 Å². The average molecular weight is 233 g/mol. The molecule has 1 amide bonds. The van der Waals surface area contributed by atoms with E-state index in [1.165, 1.54) is 18.3 Å². The summed E-state index contributed by atoms with van der Waals surface area (Å²) in [4.78, 5) is 18.4. The minimum atomic E-state index is -0.288. The van der Waals surface area contributed by atoms with Crippen molar-refractivity contribution in [2.75, 3.05) is 0 Å². The van der Waals surface area contributed by atoms with Crippen molar-refractivity contribution in [3.05, 3.63) is 53.4 Å². The number of halogens is 1. The number of amides is 1. The lowest BCUT2D eigenvalue weighted by Crippen LogP contribution is -2.23. The van der Waals surface area contributed by atoms with Gasteiger partial charge in [-0.25, -0.2) is 9.37 Å². The Bertz CT molecular complexity index is 519. The smallest absolute Gasteiger partial charge is 0.269 e. The van der Waals surface area contributed by atoms with Crippen LogP contribution in [0.25, 0.3) is 0 Å². The summed E-state index contributed by atoms with van der Waals surface area (Å²) in [6, 6.07) is 5.99. The average Bonchev–Trinajstić information content (AvgIpc) is 2.75. The van der Waals surface area contributed by atoms with Crippen molar-refractivity contribution in [2.24, 2.45) is 0 Å². The Labute approximate surface area is 97.9 Å². The first-order valence-corrected chi connectivity index (χ1v) is 5.19. The van der Waals surface area contributed by atoms with Gasteiger partial charge in [-0.2, -0.15) is 0 Å². The fourth-order valence-corrected chi connectivity index (χ4v) is 1.42. The zero-order chi connectivity index (χ0) is 12.3. The lowest BCUT2D eigenvalue weighted by molar-refractivity contribution is 0.0946. The molecular formula is C12H12FN3O. The Morgan fingerprint density at radius 3 is 2.71 bits per heavy atom. The minimum Gasteiger partial charge on any atom is -0.347 e. The second-order valence-electron chi connectivity index (χ2n) is 3.69. The quantitative estimate of drug-likeness (QED) is 0.849. The summed E-state index contributed by atoms with van der Waals surface area (Å²) in [6.07, 6.45) is 1.48. The number of benzene rings is 1. The van der Waals surface area contributed by atoms with E-state index in [1.54, 1.807) is 19.1 Å². The van der Waals surface area contributed by atoms with E-state index in [9.17, 15) is 9.18 Å². The summed E-state index contributed by atoms with van der Waals surface area (Å²) < 4.78 is 12.7. The highest BCUT2D eigenvalue weighted by atomic mass is 19.1. The fraction of sp³-hybridized carbons (Fsp3) is 0.167. The monoisotopic (exact) mass is 233 g/mol. The molecular weight excluding hydrogens is 221 g/mol. The normalized spacial score (nSPS) is 10.2. The number of H-pyrrole nitrogens is 1. The first-order chi connectivity index (χ1) is 8.15. The number of rotatable bonds is 3. The number of carbonyl (C=O) groups is 1. The SMILES string of the molecule is Cc1ncc(C(=O)NCc2ccc(F)cc2)[nH]1. The van der Waals surface area contributed by atoms with Gasteiger partial charge in [-0.15, -0.1) is 0 Å². The number of aryl methyl sites for hydroxylation is 1. The molecule has 1 heterocycles. The molecule has 17 heavy (non-hydrogen) atoms. The van der Waals surface area contributed by atoms with Crippen molar-refractivity contribution in [2.45, 2.75) is 13.5 Å². The Hall–Kier alpha value is -2.17. The Morgan fingerprint density at radius 1 is 1.41 bits per heavy atom. The largest absolute Gasteiger partial charge is 0.347 e. The van der Waals surface area contributed by atoms with Gasteiger partial charge in [-0.05, 0) is 24.6 Å². The van der Waals surface area contributed by atoms with Gasteiger partial charge in [-0.3, -0.25) is 4.79 Å². The van der Waals surface area contributed by atoms with Gasteiger partial charge in [0.2, 0.25) is 0 Å². The van der Waals surface area contributed by atoms with E-state index in [-0.39, 0.29) is 11.7 Å². The Morgan fingerprint density at radius 2 is 2.12 bits per heavy atom. The molecule has 0 saturated carbocycles. The van der Waals surface area contributed by atoms with Crippen LogP contribution < -0.4 is 5.32 Å². The zero-order valence-electron chi connectivity index (χ0n) is 9.33. The molecule has 5 heteroatoms. The predicted octanol–water partition coefficient (Wildman–Crippen LogP) is 1.79. The van der Waals surface area contributed by atoms with Crippen LogP contribution in [0.4, 0.5) is 4.39 Å². The van der Waals surface area contributed by atoms with Crippen LogP contribution >= 0.6 is 0 Å². The van der Waals surface area contributed by atoms with Gasteiger partial charge in [0.15, 0.2) is 0 Å². The highest BCUT2D eigenvalue weighted by molar-refractivity contribution is 5.92. The standard InChI is InChI=1S/C12H12FN3O/c1-8-14-7-11(16-8)12(17)15-6-9-2-4-10(13)5-3-9/h2-5,7H,6H2,1H3,(H,14,16)(H,15,17). The molecule has 0 atom stereocenters. The Balaban J connectivity index is 1.94. The number of aromatic nitrogens is 2. The third kappa shape index (κ3) is 2.90. The second kappa shape index (κ2) is 4.78. The summed E-state index contributed by atoms with van der Waals surface area (Å²) in [5.74, 6) is 0.177. The molecule has 0 spiro atoms. The van der Waals surface area contributed by atoms with E-state index in [4.69, 9.17) is 0 Å². The molecule has 0 radical (unpaired) electrons. The van der Waals surface area contributed by atoms with Gasteiger partial charge in [0.1, 0.15) is 17.3 Å². The van der Waals surface area contributed by atoms with E-state index >= 15 is 0 Å². The lowest BCUT2D eigenvalue weighted by Gasteiger charge is -2.03. The van der Waals surface area contributed by atoms with Crippen molar-refractivity contribution in [1.82, 2.24) is 15.3 Å². The minimum absolute atomic E-state index is 0.227. The van der Waals surface area contributed by atoms with E-state index in [2.05, 4.69) is 15.3 Å². The molecule has 0 aliphatic heterocycles. The molecule has 0 unspecified atom stereocenters. The van der Waals surface area contributed by atoms with Crippen molar-refractivity contribution >= 4 is 5.91 Å². The topological polar surface area (TPSA) is 57.8 Å². The van der Waals surface area contributed by atoms with Gasteiger partial charge in [0, 0.05) is 6.54 Å². The van der Waals surface area contributed by atoms with Crippen LogP contribution in [0.15, 0.2) is 30.5 Å². The van der Waals surface area contributed by atoms with Crippen LogP contribution in [-0.2, 0) is 6.54 Å². The predicted molar refractivity (Wildman–Crippen MR) is 60.9 cm³/mol.